The van der Waals surface area contributed by atoms with E-state index < -0.39 is 5.60 Å². The third-order valence-electron chi connectivity index (χ3n) is 4.47. The smallest absolute Gasteiger partial charge is 0.256 e. The lowest BCUT2D eigenvalue weighted by atomic mass is 9.78. The van der Waals surface area contributed by atoms with Crippen LogP contribution in [0, 0.1) is 5.92 Å². The monoisotopic (exact) mass is 350 g/mol. The standard InChI is InChI=1S/C19H30N2O4/c1-4-23-11-12-24-17-9-8-16(14-20-17)21-18(22)19(25-5-2)10-6-7-15(3)13-19/h8-9,14-15H,4-7,10-13H2,1-3H3,(H,21,22)/t15-,19-/m1/s1. The minimum atomic E-state index is -0.723. The van der Waals surface area contributed by atoms with Gasteiger partial charge in [-0.1, -0.05) is 13.3 Å². The van der Waals surface area contributed by atoms with Crippen molar-refractivity contribution in [2.75, 3.05) is 31.7 Å². The molecular weight excluding hydrogens is 320 g/mol. The number of hydrogen-bond donors (Lipinski definition) is 1. The zero-order valence-corrected chi connectivity index (χ0v) is 15.5. The summed E-state index contributed by atoms with van der Waals surface area (Å²) >= 11 is 0. The molecule has 1 aromatic rings. The quantitative estimate of drug-likeness (QED) is 0.691. The van der Waals surface area contributed by atoms with E-state index in [2.05, 4.69) is 17.2 Å². The number of nitrogens with zero attached hydrogens (tertiary/aromatic N) is 1. The number of ether oxygens (including phenoxy) is 3. The summed E-state index contributed by atoms with van der Waals surface area (Å²) in [7, 11) is 0. The van der Waals surface area contributed by atoms with Gasteiger partial charge >= 0.3 is 0 Å². The summed E-state index contributed by atoms with van der Waals surface area (Å²) < 4.78 is 16.6. The molecule has 0 spiro atoms. The maximum absolute atomic E-state index is 12.8. The topological polar surface area (TPSA) is 69.7 Å². The van der Waals surface area contributed by atoms with Crippen LogP contribution in [0.5, 0.6) is 5.88 Å². The minimum absolute atomic E-state index is 0.0762. The third kappa shape index (κ3) is 5.68. The molecule has 0 radical (unpaired) electrons. The highest BCUT2D eigenvalue weighted by Crippen LogP contribution is 2.36. The highest BCUT2D eigenvalue weighted by atomic mass is 16.5. The highest BCUT2D eigenvalue weighted by Gasteiger charge is 2.42. The van der Waals surface area contributed by atoms with Crippen LogP contribution in [-0.4, -0.2) is 42.9 Å². The highest BCUT2D eigenvalue weighted by molar-refractivity contribution is 5.97. The predicted molar refractivity (Wildman–Crippen MR) is 96.8 cm³/mol. The predicted octanol–water partition coefficient (Wildman–Crippen LogP) is 3.42. The Morgan fingerprint density at radius 3 is 2.80 bits per heavy atom. The number of carbonyl (C=O) groups excluding carboxylic acids is 1. The molecule has 0 aromatic carbocycles. The molecule has 1 heterocycles. The van der Waals surface area contributed by atoms with E-state index in [0.717, 1.165) is 25.7 Å². The molecule has 1 fully saturated rings. The second-order valence-corrected chi connectivity index (χ2v) is 6.51. The Hall–Kier alpha value is -1.66. The summed E-state index contributed by atoms with van der Waals surface area (Å²) in [6, 6.07) is 3.55. The van der Waals surface area contributed by atoms with Gasteiger partial charge in [0.15, 0.2) is 0 Å². The van der Waals surface area contributed by atoms with Gasteiger partial charge in [0.1, 0.15) is 12.2 Å². The first kappa shape index (κ1) is 19.7. The van der Waals surface area contributed by atoms with Gasteiger partial charge in [-0.05, 0) is 45.1 Å². The summed E-state index contributed by atoms with van der Waals surface area (Å²) in [6.45, 7) is 8.24. The maximum atomic E-state index is 12.8. The van der Waals surface area contributed by atoms with E-state index in [4.69, 9.17) is 14.2 Å². The van der Waals surface area contributed by atoms with E-state index >= 15 is 0 Å². The normalized spacial score (nSPS) is 23.2. The van der Waals surface area contributed by atoms with Crippen molar-refractivity contribution in [2.45, 2.75) is 52.1 Å². The van der Waals surface area contributed by atoms with Gasteiger partial charge in [-0.2, -0.15) is 0 Å². The molecular formula is C19H30N2O4. The summed E-state index contributed by atoms with van der Waals surface area (Å²) in [5, 5.41) is 2.95. The number of anilines is 1. The molecule has 1 aromatic heterocycles. The Balaban J connectivity index is 1.94. The molecule has 0 bridgehead atoms. The van der Waals surface area contributed by atoms with Crippen molar-refractivity contribution in [3.05, 3.63) is 18.3 Å². The molecule has 2 rings (SSSR count). The zero-order chi connectivity index (χ0) is 18.1. The maximum Gasteiger partial charge on any atom is 0.256 e. The van der Waals surface area contributed by atoms with Crippen molar-refractivity contribution in [3.63, 3.8) is 0 Å². The Labute approximate surface area is 150 Å². The number of aromatic nitrogens is 1. The number of nitrogens with one attached hydrogen (secondary N) is 1. The SMILES string of the molecule is CCOCCOc1ccc(NC(=O)[C@@]2(OCC)CCC[C@@H](C)C2)cn1. The van der Waals surface area contributed by atoms with E-state index in [9.17, 15) is 4.79 Å². The lowest BCUT2D eigenvalue weighted by molar-refractivity contribution is -0.147. The van der Waals surface area contributed by atoms with E-state index in [1.54, 1.807) is 18.3 Å². The molecule has 25 heavy (non-hydrogen) atoms. The van der Waals surface area contributed by atoms with Crippen LogP contribution in [0.2, 0.25) is 0 Å². The molecule has 0 unspecified atom stereocenters. The fourth-order valence-electron chi connectivity index (χ4n) is 3.32. The molecule has 140 valence electrons. The number of pyridine rings is 1. The van der Waals surface area contributed by atoms with Crippen LogP contribution in [0.3, 0.4) is 0 Å². The molecule has 1 saturated carbocycles. The van der Waals surface area contributed by atoms with Crippen LogP contribution in [0.1, 0.15) is 46.5 Å². The number of amides is 1. The Kier molecular flexibility index (Phi) is 7.65. The van der Waals surface area contributed by atoms with Crippen LogP contribution < -0.4 is 10.1 Å². The van der Waals surface area contributed by atoms with Crippen molar-refractivity contribution in [1.29, 1.82) is 0 Å². The summed E-state index contributed by atoms with van der Waals surface area (Å²) in [5.41, 5.74) is -0.0709. The minimum Gasteiger partial charge on any atom is -0.475 e. The van der Waals surface area contributed by atoms with Crippen LogP contribution in [0.25, 0.3) is 0 Å². The number of hydrogen-bond acceptors (Lipinski definition) is 5. The van der Waals surface area contributed by atoms with Gasteiger partial charge in [0, 0.05) is 19.3 Å². The number of carbonyl (C=O) groups is 1. The summed E-state index contributed by atoms with van der Waals surface area (Å²) in [4.78, 5) is 17.1. The zero-order valence-electron chi connectivity index (χ0n) is 15.5. The summed E-state index contributed by atoms with van der Waals surface area (Å²) in [6.07, 6.45) is 5.30. The lowest BCUT2D eigenvalue weighted by Crippen LogP contribution is -2.48. The van der Waals surface area contributed by atoms with Gasteiger partial charge in [0.05, 0.1) is 18.5 Å². The first-order chi connectivity index (χ1) is 12.1. The van der Waals surface area contributed by atoms with Gasteiger partial charge in [0.2, 0.25) is 5.88 Å². The van der Waals surface area contributed by atoms with Gasteiger partial charge in [-0.3, -0.25) is 4.79 Å². The molecule has 0 saturated heterocycles. The first-order valence-electron chi connectivity index (χ1n) is 9.21. The first-order valence-corrected chi connectivity index (χ1v) is 9.21. The van der Waals surface area contributed by atoms with Gasteiger partial charge in [-0.15, -0.1) is 0 Å². The molecule has 2 atom stereocenters. The van der Waals surface area contributed by atoms with Gasteiger partial charge in [0.25, 0.3) is 5.91 Å². The molecule has 6 nitrogen and oxygen atoms in total. The molecule has 0 aliphatic heterocycles. The second-order valence-electron chi connectivity index (χ2n) is 6.51. The lowest BCUT2D eigenvalue weighted by Gasteiger charge is -2.38. The fourth-order valence-corrected chi connectivity index (χ4v) is 3.32. The van der Waals surface area contributed by atoms with Crippen molar-refractivity contribution in [3.8, 4) is 5.88 Å². The second kappa shape index (κ2) is 9.73. The Morgan fingerprint density at radius 2 is 2.16 bits per heavy atom. The molecule has 6 heteroatoms. The molecule has 1 aliphatic rings. The van der Waals surface area contributed by atoms with Crippen LogP contribution >= 0.6 is 0 Å². The number of rotatable bonds is 9. The van der Waals surface area contributed by atoms with E-state index in [0.29, 0.717) is 43.9 Å². The third-order valence-corrected chi connectivity index (χ3v) is 4.47. The van der Waals surface area contributed by atoms with Crippen LogP contribution in [-0.2, 0) is 14.3 Å². The molecule has 1 amide bonds. The Morgan fingerprint density at radius 1 is 1.32 bits per heavy atom. The molecule has 1 aliphatic carbocycles. The van der Waals surface area contributed by atoms with Crippen LogP contribution in [0.15, 0.2) is 18.3 Å². The van der Waals surface area contributed by atoms with Gasteiger partial charge in [-0.25, -0.2) is 4.98 Å². The van der Waals surface area contributed by atoms with Crippen molar-refractivity contribution in [1.82, 2.24) is 4.98 Å². The largest absolute Gasteiger partial charge is 0.475 e. The Bertz CT molecular complexity index is 531. The molecule has 1 N–H and O–H groups in total. The van der Waals surface area contributed by atoms with Crippen molar-refractivity contribution in [2.24, 2.45) is 5.92 Å². The van der Waals surface area contributed by atoms with E-state index in [1.165, 1.54) is 0 Å². The van der Waals surface area contributed by atoms with Gasteiger partial charge < -0.3 is 19.5 Å². The van der Waals surface area contributed by atoms with E-state index in [-0.39, 0.29) is 5.91 Å². The fraction of sp³-hybridized carbons (Fsp3) is 0.684. The summed E-state index contributed by atoms with van der Waals surface area (Å²) in [5.74, 6) is 0.932. The average Bonchev–Trinajstić information content (AvgIpc) is 2.60. The van der Waals surface area contributed by atoms with Crippen molar-refractivity contribution < 1.29 is 19.0 Å². The van der Waals surface area contributed by atoms with E-state index in [1.807, 2.05) is 13.8 Å². The average molecular weight is 350 g/mol. The van der Waals surface area contributed by atoms with Crippen molar-refractivity contribution >= 4 is 11.6 Å². The van der Waals surface area contributed by atoms with Crippen LogP contribution in [0.4, 0.5) is 5.69 Å².